The molecule has 72 heavy (non-hydrogen) atoms. The Morgan fingerprint density at radius 1 is 0.431 bits per heavy atom. The Balaban J connectivity index is 4.09. The standard InChI is InChI=1S/C63H111NO8/c1-6-8-10-12-14-16-18-20-22-23-24-25-26-27-28-29-30-31-32-33-34-35-36-37-38-39-40-42-44-46-48-50-52-54-61(66)72-59(58-71-63(62(67)68)69-56-55-64(3,4)5)57-70-60(65)53-51-49-47-45-43-41-21-19-17-15-13-11-9-7-2/h8,10,13-16,19-22,24-25,59,63H,6-7,9,11-12,17-18,23,26-58H2,1-5H3/p+1/b10-8-,15-13-,16-14-,21-19-,22-20-,25-24-. The largest absolute Gasteiger partial charge is 0.477 e. The minimum absolute atomic E-state index is 0.184. The molecule has 0 saturated carbocycles. The lowest BCUT2D eigenvalue weighted by Gasteiger charge is -2.25. The number of rotatable bonds is 54. The number of carboxylic acid groups (broad SMARTS) is 1. The molecule has 0 aromatic heterocycles. The zero-order chi connectivity index (χ0) is 52.7. The van der Waals surface area contributed by atoms with Gasteiger partial charge in [0.2, 0.25) is 0 Å². The van der Waals surface area contributed by atoms with Crippen molar-refractivity contribution in [2.24, 2.45) is 0 Å². The maximum Gasteiger partial charge on any atom is 0.361 e. The number of aliphatic carboxylic acids is 1. The molecule has 0 aliphatic rings. The molecule has 9 nitrogen and oxygen atoms in total. The third kappa shape index (κ3) is 54.5. The normalized spacial score (nSPS) is 13.3. The molecule has 0 radical (unpaired) electrons. The Morgan fingerprint density at radius 3 is 1.18 bits per heavy atom. The van der Waals surface area contributed by atoms with Crippen molar-refractivity contribution in [3.8, 4) is 0 Å². The van der Waals surface area contributed by atoms with Crippen molar-refractivity contribution in [3.63, 3.8) is 0 Å². The number of hydrogen-bond acceptors (Lipinski definition) is 7. The number of allylic oxidation sites excluding steroid dienone is 12. The van der Waals surface area contributed by atoms with Crippen LogP contribution in [0.1, 0.15) is 251 Å². The van der Waals surface area contributed by atoms with Crippen molar-refractivity contribution >= 4 is 17.9 Å². The van der Waals surface area contributed by atoms with Gasteiger partial charge in [-0.2, -0.15) is 0 Å². The molecule has 2 atom stereocenters. The van der Waals surface area contributed by atoms with Crippen molar-refractivity contribution < 1.29 is 42.9 Å². The maximum atomic E-state index is 12.9. The molecule has 0 saturated heterocycles. The molecule has 1 N–H and O–H groups in total. The van der Waals surface area contributed by atoms with E-state index in [-0.39, 0.29) is 38.6 Å². The molecule has 0 heterocycles. The summed E-state index contributed by atoms with van der Waals surface area (Å²) in [5, 5.41) is 9.69. The molecular weight excluding hydrogens is 899 g/mol. The monoisotopic (exact) mass is 1010 g/mol. The fourth-order valence-electron chi connectivity index (χ4n) is 8.14. The van der Waals surface area contributed by atoms with Crippen LogP contribution in [-0.2, 0) is 33.3 Å². The molecule has 416 valence electrons. The Kier molecular flexibility index (Phi) is 51.6. The predicted molar refractivity (Wildman–Crippen MR) is 304 cm³/mol. The van der Waals surface area contributed by atoms with Crippen LogP contribution in [0.5, 0.6) is 0 Å². The van der Waals surface area contributed by atoms with Crippen LogP contribution < -0.4 is 0 Å². The van der Waals surface area contributed by atoms with E-state index in [0.29, 0.717) is 11.0 Å². The summed E-state index contributed by atoms with van der Waals surface area (Å²) in [5.74, 6) is -2.02. The van der Waals surface area contributed by atoms with Crippen molar-refractivity contribution in [3.05, 3.63) is 72.9 Å². The molecule has 0 rings (SSSR count). The minimum Gasteiger partial charge on any atom is -0.477 e. The Bertz CT molecular complexity index is 1410. The summed E-state index contributed by atoms with van der Waals surface area (Å²) < 4.78 is 22.8. The highest BCUT2D eigenvalue weighted by molar-refractivity contribution is 5.71. The number of esters is 2. The second-order valence-corrected chi connectivity index (χ2v) is 20.9. The fourth-order valence-corrected chi connectivity index (χ4v) is 8.14. The summed E-state index contributed by atoms with van der Waals surface area (Å²) in [6, 6.07) is 0. The number of hydrogen-bond donors (Lipinski definition) is 1. The topological polar surface area (TPSA) is 108 Å². The minimum atomic E-state index is -1.51. The van der Waals surface area contributed by atoms with E-state index in [9.17, 15) is 19.5 Å². The highest BCUT2D eigenvalue weighted by Crippen LogP contribution is 2.17. The number of ether oxygens (including phenoxy) is 4. The number of likely N-dealkylation sites (N-methyl/N-ethyl adjacent to an activating group) is 1. The average molecular weight is 1010 g/mol. The molecule has 0 aromatic carbocycles. The lowest BCUT2D eigenvalue weighted by molar-refractivity contribution is -0.870. The first kappa shape index (κ1) is 68.7. The van der Waals surface area contributed by atoms with Crippen LogP contribution in [-0.4, -0.2) is 87.4 Å². The van der Waals surface area contributed by atoms with Gasteiger partial charge in [0.1, 0.15) is 13.2 Å². The van der Waals surface area contributed by atoms with Gasteiger partial charge in [0.15, 0.2) is 6.10 Å². The van der Waals surface area contributed by atoms with Gasteiger partial charge in [-0.3, -0.25) is 9.59 Å². The summed E-state index contributed by atoms with van der Waals surface area (Å²) >= 11 is 0. The lowest BCUT2D eigenvalue weighted by Crippen LogP contribution is -2.40. The zero-order valence-electron chi connectivity index (χ0n) is 47.3. The summed E-state index contributed by atoms with van der Waals surface area (Å²) in [5.41, 5.74) is 0. The molecule has 0 amide bonds. The van der Waals surface area contributed by atoms with Crippen molar-refractivity contribution in [1.82, 2.24) is 0 Å². The van der Waals surface area contributed by atoms with Crippen molar-refractivity contribution in [1.29, 1.82) is 0 Å². The van der Waals surface area contributed by atoms with Gasteiger partial charge < -0.3 is 28.5 Å². The van der Waals surface area contributed by atoms with Crippen molar-refractivity contribution in [2.75, 3.05) is 47.5 Å². The Hall–Kier alpha value is -3.27. The summed E-state index contributed by atoms with van der Waals surface area (Å²) in [4.78, 5) is 37.4. The quantitative estimate of drug-likeness (QED) is 0.0211. The first-order valence-corrected chi connectivity index (χ1v) is 29.6. The van der Waals surface area contributed by atoms with E-state index in [0.717, 1.165) is 89.9 Å². The van der Waals surface area contributed by atoms with E-state index in [1.54, 1.807) is 0 Å². The lowest BCUT2D eigenvalue weighted by atomic mass is 10.0. The van der Waals surface area contributed by atoms with Gasteiger partial charge in [-0.25, -0.2) is 4.79 Å². The molecule has 0 aliphatic heterocycles. The van der Waals surface area contributed by atoms with Crippen LogP contribution in [0.25, 0.3) is 0 Å². The number of carboxylic acids is 1. The van der Waals surface area contributed by atoms with Crippen LogP contribution in [0.2, 0.25) is 0 Å². The summed E-state index contributed by atoms with van der Waals surface area (Å²) in [6.45, 7) is 4.72. The van der Waals surface area contributed by atoms with Crippen molar-refractivity contribution in [2.45, 2.75) is 264 Å². The second kappa shape index (κ2) is 54.0. The number of carbonyl (C=O) groups is 3. The van der Waals surface area contributed by atoms with E-state index in [2.05, 4.69) is 86.8 Å². The SMILES string of the molecule is CC/C=C\C/C=C\C/C=C\C/C=C\CCCCCCCCCCCCCCCCCCCCCCC(=O)OC(COC(=O)CCCCCCC/C=C\C/C=C\CCCC)COC(OCC[N+](C)(C)C)C(=O)O. The number of quaternary nitrogens is 1. The van der Waals surface area contributed by atoms with Gasteiger partial charge in [0.25, 0.3) is 6.29 Å². The third-order valence-corrected chi connectivity index (χ3v) is 12.7. The van der Waals surface area contributed by atoms with Gasteiger partial charge in [0.05, 0.1) is 34.4 Å². The summed E-state index contributed by atoms with van der Waals surface area (Å²) in [6.07, 6.45) is 67.1. The molecule has 0 fully saturated rings. The Morgan fingerprint density at radius 2 is 0.792 bits per heavy atom. The number of nitrogens with zero attached hydrogens (tertiary/aromatic N) is 1. The molecule has 9 heteroatoms. The average Bonchev–Trinajstić information content (AvgIpc) is 3.35. The molecule has 0 spiro atoms. The number of carbonyl (C=O) groups excluding carboxylic acids is 2. The van der Waals surface area contributed by atoms with Crippen LogP contribution in [0.3, 0.4) is 0 Å². The van der Waals surface area contributed by atoms with E-state index in [4.69, 9.17) is 18.9 Å². The first-order valence-electron chi connectivity index (χ1n) is 29.6. The third-order valence-electron chi connectivity index (χ3n) is 12.7. The van der Waals surface area contributed by atoms with Crippen LogP contribution in [0.15, 0.2) is 72.9 Å². The van der Waals surface area contributed by atoms with E-state index in [1.807, 2.05) is 21.1 Å². The Labute approximate surface area is 443 Å². The van der Waals surface area contributed by atoms with Gasteiger partial charge in [-0.1, -0.05) is 234 Å². The fraction of sp³-hybridized carbons (Fsp3) is 0.762. The predicted octanol–water partition coefficient (Wildman–Crippen LogP) is 17.4. The van der Waals surface area contributed by atoms with Gasteiger partial charge >= 0.3 is 17.9 Å². The highest BCUT2D eigenvalue weighted by Gasteiger charge is 2.25. The van der Waals surface area contributed by atoms with Gasteiger partial charge in [0, 0.05) is 12.8 Å². The molecule has 2 unspecified atom stereocenters. The first-order chi connectivity index (χ1) is 35.1. The number of unbranched alkanes of at least 4 members (excludes halogenated alkanes) is 27. The van der Waals surface area contributed by atoms with Gasteiger partial charge in [-0.15, -0.1) is 0 Å². The zero-order valence-corrected chi connectivity index (χ0v) is 47.3. The molecule has 0 aromatic rings. The van der Waals surface area contributed by atoms with E-state index < -0.39 is 24.3 Å². The smallest absolute Gasteiger partial charge is 0.361 e. The maximum absolute atomic E-state index is 12.9. The molecular formula is C63H112NO8+. The van der Waals surface area contributed by atoms with Gasteiger partial charge in [-0.05, 0) is 77.0 Å². The van der Waals surface area contributed by atoms with Crippen LogP contribution in [0, 0.1) is 0 Å². The van der Waals surface area contributed by atoms with E-state index in [1.165, 1.54) is 135 Å². The summed E-state index contributed by atoms with van der Waals surface area (Å²) in [7, 11) is 5.96. The second-order valence-electron chi connectivity index (χ2n) is 20.9. The molecule has 0 aliphatic carbocycles. The molecule has 0 bridgehead atoms. The van der Waals surface area contributed by atoms with Crippen LogP contribution in [0.4, 0.5) is 0 Å². The van der Waals surface area contributed by atoms with Crippen LogP contribution >= 0.6 is 0 Å². The van der Waals surface area contributed by atoms with E-state index >= 15 is 0 Å². The highest BCUT2D eigenvalue weighted by atomic mass is 16.7.